The Morgan fingerprint density at radius 3 is 2.89 bits per heavy atom. The predicted octanol–water partition coefficient (Wildman–Crippen LogP) is 2.14. The maximum Gasteiger partial charge on any atom is 0.291 e. The van der Waals surface area contributed by atoms with Gasteiger partial charge in [0.25, 0.3) is 5.56 Å². The van der Waals surface area contributed by atoms with Crippen LogP contribution < -0.4 is 5.56 Å². The summed E-state index contributed by atoms with van der Waals surface area (Å²) in [5, 5.41) is 4.37. The minimum atomic E-state index is -0.307. The summed E-state index contributed by atoms with van der Waals surface area (Å²) < 4.78 is 8.41. The van der Waals surface area contributed by atoms with E-state index in [4.69, 9.17) is 4.42 Å². The van der Waals surface area contributed by atoms with E-state index in [1.165, 1.54) is 4.68 Å². The number of hydrogen-bond acceptors (Lipinski definition) is 5. The van der Waals surface area contributed by atoms with Crippen LogP contribution in [0.15, 0.2) is 52.0 Å². The van der Waals surface area contributed by atoms with E-state index in [1.807, 2.05) is 25.1 Å². The molecule has 0 atom stereocenters. The largest absolute Gasteiger partial charge is 0.463 e. The van der Waals surface area contributed by atoms with Crippen LogP contribution in [0.1, 0.15) is 24.4 Å². The number of aryl methyl sites for hydroxylation is 1. The molecule has 0 bridgehead atoms. The lowest BCUT2D eigenvalue weighted by atomic mass is 10.3. The van der Waals surface area contributed by atoms with Crippen molar-refractivity contribution in [3.63, 3.8) is 0 Å². The van der Waals surface area contributed by atoms with Gasteiger partial charge in [-0.05, 0) is 31.9 Å². The second kappa shape index (κ2) is 6.33. The molecular weight excluding hydrogens is 358 g/mol. The normalized spacial score (nSPS) is 14.0. The van der Waals surface area contributed by atoms with Crippen molar-refractivity contribution >= 4 is 22.5 Å². The van der Waals surface area contributed by atoms with Crippen LogP contribution in [-0.4, -0.2) is 36.0 Å². The van der Waals surface area contributed by atoms with Gasteiger partial charge in [-0.3, -0.25) is 19.0 Å². The fourth-order valence-electron chi connectivity index (χ4n) is 3.63. The van der Waals surface area contributed by atoms with Gasteiger partial charge in [0.1, 0.15) is 17.9 Å². The van der Waals surface area contributed by atoms with E-state index >= 15 is 0 Å². The molecule has 0 aliphatic heterocycles. The van der Waals surface area contributed by atoms with Crippen LogP contribution in [-0.2, 0) is 17.9 Å². The number of hydrogen-bond donors (Lipinski definition) is 0. The van der Waals surface area contributed by atoms with Crippen LogP contribution in [0.3, 0.4) is 0 Å². The summed E-state index contributed by atoms with van der Waals surface area (Å²) in [4.78, 5) is 32.0. The van der Waals surface area contributed by atoms with E-state index in [-0.39, 0.29) is 24.1 Å². The van der Waals surface area contributed by atoms with Gasteiger partial charge >= 0.3 is 0 Å². The average molecular weight is 377 g/mol. The Kier molecular flexibility index (Phi) is 3.78. The van der Waals surface area contributed by atoms with Crippen LogP contribution in [0, 0.1) is 6.92 Å². The monoisotopic (exact) mass is 377 g/mol. The Morgan fingerprint density at radius 1 is 1.29 bits per heavy atom. The topological polar surface area (TPSA) is 85.6 Å². The van der Waals surface area contributed by atoms with Crippen molar-refractivity contribution in [2.24, 2.45) is 0 Å². The van der Waals surface area contributed by atoms with E-state index in [0.717, 1.165) is 24.1 Å². The molecule has 1 fully saturated rings. The van der Waals surface area contributed by atoms with Gasteiger partial charge in [-0.25, -0.2) is 4.68 Å². The van der Waals surface area contributed by atoms with Gasteiger partial charge < -0.3 is 9.32 Å². The number of fused-ring (bicyclic) bond motifs is 3. The van der Waals surface area contributed by atoms with Gasteiger partial charge in [0.2, 0.25) is 5.91 Å². The predicted molar refractivity (Wildman–Crippen MR) is 102 cm³/mol. The maximum absolute atomic E-state index is 13.0. The number of carbonyl (C=O) groups excluding carboxylic acids is 1. The highest BCUT2D eigenvalue weighted by atomic mass is 16.3. The fraction of sp³-hybridized carbons (Fsp3) is 0.300. The van der Waals surface area contributed by atoms with Crippen molar-refractivity contribution in [2.75, 3.05) is 0 Å². The molecule has 1 aliphatic rings. The molecule has 0 N–H and O–H groups in total. The van der Waals surface area contributed by atoms with Gasteiger partial charge in [-0.15, -0.1) is 0 Å². The molecule has 8 heteroatoms. The van der Waals surface area contributed by atoms with Gasteiger partial charge in [-0.2, -0.15) is 5.10 Å². The highest BCUT2D eigenvalue weighted by Crippen LogP contribution is 2.28. The summed E-state index contributed by atoms with van der Waals surface area (Å²) in [5.74, 6) is 0.503. The summed E-state index contributed by atoms with van der Waals surface area (Å²) in [6.45, 7) is 2.16. The summed E-state index contributed by atoms with van der Waals surface area (Å²) >= 11 is 0. The molecule has 142 valence electrons. The molecule has 5 rings (SSSR count). The zero-order valence-corrected chi connectivity index (χ0v) is 15.4. The van der Waals surface area contributed by atoms with Crippen LogP contribution in [0.2, 0.25) is 0 Å². The molecule has 0 unspecified atom stereocenters. The number of furan rings is 1. The van der Waals surface area contributed by atoms with Crippen molar-refractivity contribution in [1.29, 1.82) is 0 Å². The van der Waals surface area contributed by atoms with Crippen molar-refractivity contribution in [1.82, 2.24) is 24.1 Å². The summed E-state index contributed by atoms with van der Waals surface area (Å²) in [6.07, 6.45) is 5.26. The smallest absolute Gasteiger partial charge is 0.291 e. The number of pyridine rings is 1. The fourth-order valence-corrected chi connectivity index (χ4v) is 3.63. The second-order valence-corrected chi connectivity index (χ2v) is 7.12. The van der Waals surface area contributed by atoms with Crippen LogP contribution in [0.25, 0.3) is 16.6 Å². The van der Waals surface area contributed by atoms with Gasteiger partial charge in [-0.1, -0.05) is 6.07 Å². The highest BCUT2D eigenvalue weighted by Gasteiger charge is 2.33. The molecular formula is C20H19N5O3. The van der Waals surface area contributed by atoms with Crippen molar-refractivity contribution in [3.8, 4) is 0 Å². The first-order chi connectivity index (χ1) is 13.6. The number of nitrogens with zero attached hydrogens (tertiary/aromatic N) is 5. The molecule has 8 nitrogen and oxygen atoms in total. The van der Waals surface area contributed by atoms with Crippen molar-refractivity contribution < 1.29 is 9.21 Å². The maximum atomic E-state index is 13.0. The van der Waals surface area contributed by atoms with E-state index in [0.29, 0.717) is 23.5 Å². The van der Waals surface area contributed by atoms with Crippen LogP contribution in [0.4, 0.5) is 0 Å². The van der Waals surface area contributed by atoms with Gasteiger partial charge in [0.05, 0.1) is 24.0 Å². The quantitative estimate of drug-likeness (QED) is 0.532. The van der Waals surface area contributed by atoms with Crippen LogP contribution in [0.5, 0.6) is 0 Å². The molecule has 0 aromatic carbocycles. The first-order valence-corrected chi connectivity index (χ1v) is 9.27. The Labute approximate surface area is 160 Å². The molecule has 4 heterocycles. The van der Waals surface area contributed by atoms with E-state index in [1.54, 1.807) is 33.9 Å². The SMILES string of the molecule is Cc1nn(CC(=O)N(Cc2ccccn2)C2CC2)c(=O)c2cc3occc3n12. The number of rotatable bonds is 5. The Balaban J connectivity index is 1.47. The van der Waals surface area contributed by atoms with Crippen molar-refractivity contribution in [3.05, 3.63) is 64.7 Å². The summed E-state index contributed by atoms with van der Waals surface area (Å²) in [5.41, 5.74) is 2.41. The molecule has 4 aromatic heterocycles. The lowest BCUT2D eigenvalue weighted by Crippen LogP contribution is -2.39. The molecule has 0 radical (unpaired) electrons. The average Bonchev–Trinajstić information content (AvgIpc) is 3.31. The lowest BCUT2D eigenvalue weighted by Gasteiger charge is -2.22. The first-order valence-electron chi connectivity index (χ1n) is 9.27. The lowest BCUT2D eigenvalue weighted by molar-refractivity contribution is -0.133. The second-order valence-electron chi connectivity index (χ2n) is 7.12. The van der Waals surface area contributed by atoms with Crippen molar-refractivity contribution in [2.45, 2.75) is 38.9 Å². The summed E-state index contributed by atoms with van der Waals surface area (Å²) in [7, 11) is 0. The number of amides is 1. The molecule has 0 saturated heterocycles. The molecule has 1 saturated carbocycles. The van der Waals surface area contributed by atoms with Gasteiger partial charge in [0.15, 0.2) is 5.58 Å². The third kappa shape index (κ3) is 2.77. The van der Waals surface area contributed by atoms with E-state index in [9.17, 15) is 9.59 Å². The van der Waals surface area contributed by atoms with Crippen LogP contribution >= 0.6 is 0 Å². The number of carbonyl (C=O) groups is 1. The highest BCUT2D eigenvalue weighted by molar-refractivity contribution is 5.82. The number of aromatic nitrogens is 4. The Morgan fingerprint density at radius 2 is 2.14 bits per heavy atom. The zero-order valence-electron chi connectivity index (χ0n) is 15.4. The minimum absolute atomic E-state index is 0.0912. The van der Waals surface area contributed by atoms with Gasteiger partial charge in [0, 0.05) is 24.4 Å². The van der Waals surface area contributed by atoms with E-state index < -0.39 is 0 Å². The molecule has 28 heavy (non-hydrogen) atoms. The third-order valence-electron chi connectivity index (χ3n) is 5.12. The molecule has 1 amide bonds. The molecule has 1 aliphatic carbocycles. The Bertz CT molecular complexity index is 1230. The minimum Gasteiger partial charge on any atom is -0.463 e. The Hall–Kier alpha value is -3.42. The zero-order chi connectivity index (χ0) is 19.3. The standard InChI is InChI=1S/C20H19N5O3/c1-13-22-24(20(27)17-10-18-16(25(13)17)7-9-28-18)12-19(26)23(15-5-6-15)11-14-4-2-3-8-21-14/h2-4,7-10,15H,5-6,11-12H2,1H3. The molecule has 4 aromatic rings. The van der Waals surface area contributed by atoms with E-state index in [2.05, 4.69) is 10.1 Å². The summed E-state index contributed by atoms with van der Waals surface area (Å²) in [6, 6.07) is 9.36. The first kappa shape index (κ1) is 16.7. The third-order valence-corrected chi connectivity index (χ3v) is 5.12. The molecule has 0 spiro atoms.